The molecule has 0 saturated carbocycles. The van der Waals surface area contributed by atoms with Gasteiger partial charge in [-0.2, -0.15) is 0 Å². The van der Waals surface area contributed by atoms with E-state index in [1.807, 2.05) is 30.3 Å². The van der Waals surface area contributed by atoms with Crippen LogP contribution in [0.2, 0.25) is 0 Å². The van der Waals surface area contributed by atoms with Gasteiger partial charge in [0.1, 0.15) is 12.1 Å². The number of ether oxygens (including phenoxy) is 2. The van der Waals surface area contributed by atoms with Crippen molar-refractivity contribution in [2.24, 2.45) is 0 Å². The summed E-state index contributed by atoms with van der Waals surface area (Å²) in [6.45, 7) is 0.173. The molecule has 1 fully saturated rings. The summed E-state index contributed by atoms with van der Waals surface area (Å²) in [5.41, 5.74) is 0.874. The number of hydrogen-bond donors (Lipinski definition) is 0. The molecule has 0 aromatic heterocycles. The van der Waals surface area contributed by atoms with Gasteiger partial charge in [0.25, 0.3) is 0 Å². The zero-order chi connectivity index (χ0) is 19.2. The largest absolute Gasteiger partial charge is 0.485 e. The third-order valence-electron chi connectivity index (χ3n) is 4.37. The minimum Gasteiger partial charge on any atom is -0.485 e. The Hall–Kier alpha value is -3.15. The third-order valence-corrected chi connectivity index (χ3v) is 4.37. The second kappa shape index (κ2) is 8.49. The maximum Gasteiger partial charge on any atom is 0.328 e. The first-order valence-electron chi connectivity index (χ1n) is 8.61. The van der Waals surface area contributed by atoms with E-state index in [1.54, 1.807) is 18.2 Å². The predicted molar refractivity (Wildman–Crippen MR) is 98.4 cm³/mol. The predicted octanol–water partition coefficient (Wildman–Crippen LogP) is 3.06. The number of amides is 1. The van der Waals surface area contributed by atoms with Crippen LogP contribution in [0, 0.1) is 5.82 Å². The smallest absolute Gasteiger partial charge is 0.328 e. The van der Waals surface area contributed by atoms with Gasteiger partial charge < -0.3 is 14.4 Å². The van der Waals surface area contributed by atoms with Crippen molar-refractivity contribution in [3.63, 3.8) is 0 Å². The summed E-state index contributed by atoms with van der Waals surface area (Å²) in [7, 11) is 1.27. The molecule has 2 unspecified atom stereocenters. The molecule has 0 N–H and O–H groups in total. The lowest BCUT2D eigenvalue weighted by Crippen LogP contribution is -2.40. The highest BCUT2D eigenvalue weighted by Crippen LogP contribution is 2.26. The van der Waals surface area contributed by atoms with Crippen LogP contribution in [0.1, 0.15) is 12.0 Å². The van der Waals surface area contributed by atoms with Crippen molar-refractivity contribution >= 4 is 18.0 Å². The molecular weight excluding hydrogens is 349 g/mol. The Morgan fingerprint density at radius 2 is 1.81 bits per heavy atom. The van der Waals surface area contributed by atoms with Crippen LogP contribution in [0.4, 0.5) is 4.39 Å². The Morgan fingerprint density at radius 3 is 2.52 bits per heavy atom. The summed E-state index contributed by atoms with van der Waals surface area (Å²) in [5, 5.41) is 0. The zero-order valence-electron chi connectivity index (χ0n) is 14.9. The van der Waals surface area contributed by atoms with E-state index in [9.17, 15) is 14.0 Å². The van der Waals surface area contributed by atoms with Gasteiger partial charge in [0.15, 0.2) is 11.6 Å². The van der Waals surface area contributed by atoms with Crippen LogP contribution >= 0.6 is 0 Å². The van der Waals surface area contributed by atoms with Gasteiger partial charge in [-0.05, 0) is 23.8 Å². The lowest BCUT2D eigenvalue weighted by atomic mass is 10.2. The maximum absolute atomic E-state index is 13.8. The molecule has 3 rings (SSSR count). The van der Waals surface area contributed by atoms with Crippen LogP contribution in [0.5, 0.6) is 5.75 Å². The van der Waals surface area contributed by atoms with Gasteiger partial charge >= 0.3 is 5.97 Å². The third kappa shape index (κ3) is 4.53. The molecule has 1 aliphatic rings. The number of halogens is 1. The van der Waals surface area contributed by atoms with Crippen LogP contribution in [-0.2, 0) is 14.3 Å². The van der Waals surface area contributed by atoms with E-state index >= 15 is 0 Å². The number of methoxy groups -OCH3 is 1. The normalized spacial score (nSPS) is 19.3. The SMILES string of the molecule is COC(=O)C1CC(Oc2ccccc2F)CN1C(=O)C=Cc1ccccc1. The van der Waals surface area contributed by atoms with Crippen molar-refractivity contribution in [2.45, 2.75) is 18.6 Å². The van der Waals surface area contributed by atoms with E-state index in [0.717, 1.165) is 5.56 Å². The number of hydrogen-bond acceptors (Lipinski definition) is 4. The van der Waals surface area contributed by atoms with Gasteiger partial charge in [0.05, 0.1) is 13.7 Å². The number of carbonyl (C=O) groups is 2. The maximum atomic E-state index is 13.8. The molecule has 0 aliphatic carbocycles. The van der Waals surface area contributed by atoms with Crippen molar-refractivity contribution in [2.75, 3.05) is 13.7 Å². The average Bonchev–Trinajstić information content (AvgIpc) is 3.12. The fourth-order valence-corrected chi connectivity index (χ4v) is 3.03. The summed E-state index contributed by atoms with van der Waals surface area (Å²) in [6, 6.07) is 14.7. The van der Waals surface area contributed by atoms with E-state index in [-0.39, 0.29) is 24.6 Å². The first-order chi connectivity index (χ1) is 13.1. The Kier molecular flexibility index (Phi) is 5.86. The fraction of sp³-hybridized carbons (Fsp3) is 0.238. The highest BCUT2D eigenvalue weighted by molar-refractivity contribution is 5.95. The molecule has 0 bridgehead atoms. The lowest BCUT2D eigenvalue weighted by molar-refractivity contribution is -0.149. The van der Waals surface area contributed by atoms with E-state index in [1.165, 1.54) is 30.2 Å². The molecule has 1 aliphatic heterocycles. The second-order valence-corrected chi connectivity index (χ2v) is 6.18. The molecule has 5 nitrogen and oxygen atoms in total. The Balaban J connectivity index is 1.73. The van der Waals surface area contributed by atoms with Crippen LogP contribution in [-0.4, -0.2) is 42.6 Å². The number of rotatable bonds is 5. The summed E-state index contributed by atoms with van der Waals surface area (Å²) in [4.78, 5) is 26.1. The van der Waals surface area contributed by atoms with E-state index in [2.05, 4.69) is 0 Å². The first kappa shape index (κ1) is 18.6. The summed E-state index contributed by atoms with van der Waals surface area (Å²) in [6.07, 6.45) is 2.84. The summed E-state index contributed by atoms with van der Waals surface area (Å²) < 4.78 is 24.3. The summed E-state index contributed by atoms with van der Waals surface area (Å²) >= 11 is 0. The molecular formula is C21H20FNO4. The van der Waals surface area contributed by atoms with Gasteiger partial charge in [-0.1, -0.05) is 42.5 Å². The standard InChI is InChI=1S/C21H20FNO4/c1-26-21(25)18-13-16(27-19-10-6-5-9-17(19)22)14-23(18)20(24)12-11-15-7-3-2-4-8-15/h2-12,16,18H,13-14H2,1H3. The van der Waals surface area contributed by atoms with Crippen LogP contribution in [0.15, 0.2) is 60.7 Å². The lowest BCUT2D eigenvalue weighted by Gasteiger charge is -2.20. The Bertz CT molecular complexity index is 837. The summed E-state index contributed by atoms with van der Waals surface area (Å²) in [5.74, 6) is -1.23. The quantitative estimate of drug-likeness (QED) is 0.600. The van der Waals surface area contributed by atoms with Crippen molar-refractivity contribution in [1.82, 2.24) is 4.90 Å². The van der Waals surface area contributed by atoms with Gasteiger partial charge in [0.2, 0.25) is 5.91 Å². The van der Waals surface area contributed by atoms with E-state index in [0.29, 0.717) is 0 Å². The van der Waals surface area contributed by atoms with Gasteiger partial charge in [-0.25, -0.2) is 9.18 Å². The minimum atomic E-state index is -0.764. The molecule has 140 valence electrons. The number of nitrogens with zero attached hydrogens (tertiary/aromatic N) is 1. The number of carbonyl (C=O) groups excluding carboxylic acids is 2. The Morgan fingerprint density at radius 1 is 1.11 bits per heavy atom. The van der Waals surface area contributed by atoms with Gasteiger partial charge in [-0.3, -0.25) is 4.79 Å². The molecule has 1 heterocycles. The molecule has 2 atom stereocenters. The highest BCUT2D eigenvalue weighted by Gasteiger charge is 2.41. The van der Waals surface area contributed by atoms with Crippen molar-refractivity contribution in [3.8, 4) is 5.75 Å². The van der Waals surface area contributed by atoms with E-state index < -0.39 is 23.9 Å². The van der Waals surface area contributed by atoms with Crippen LogP contribution < -0.4 is 4.74 Å². The highest BCUT2D eigenvalue weighted by atomic mass is 19.1. The van der Waals surface area contributed by atoms with Gasteiger partial charge in [0, 0.05) is 12.5 Å². The van der Waals surface area contributed by atoms with Gasteiger partial charge in [-0.15, -0.1) is 0 Å². The molecule has 2 aromatic rings. The average molecular weight is 369 g/mol. The molecule has 0 radical (unpaired) electrons. The first-order valence-corrected chi connectivity index (χ1v) is 8.61. The molecule has 1 amide bonds. The van der Waals surface area contributed by atoms with Crippen molar-refractivity contribution in [1.29, 1.82) is 0 Å². The van der Waals surface area contributed by atoms with E-state index in [4.69, 9.17) is 9.47 Å². The molecule has 1 saturated heterocycles. The topological polar surface area (TPSA) is 55.8 Å². The number of esters is 1. The van der Waals surface area contributed by atoms with Crippen molar-refractivity contribution in [3.05, 3.63) is 72.1 Å². The zero-order valence-corrected chi connectivity index (χ0v) is 14.9. The monoisotopic (exact) mass is 369 g/mol. The number of benzene rings is 2. The molecule has 6 heteroatoms. The number of likely N-dealkylation sites (tertiary alicyclic amines) is 1. The fourth-order valence-electron chi connectivity index (χ4n) is 3.03. The molecule has 27 heavy (non-hydrogen) atoms. The second-order valence-electron chi connectivity index (χ2n) is 6.18. The number of para-hydroxylation sites is 1. The van der Waals surface area contributed by atoms with Crippen LogP contribution in [0.3, 0.4) is 0 Å². The van der Waals surface area contributed by atoms with Crippen LogP contribution in [0.25, 0.3) is 6.08 Å². The Labute approximate surface area is 157 Å². The van der Waals surface area contributed by atoms with Crippen molar-refractivity contribution < 1.29 is 23.5 Å². The molecule has 0 spiro atoms. The molecule has 2 aromatic carbocycles. The minimum absolute atomic E-state index is 0.0974.